The molecule has 3 rings (SSSR count). The normalized spacial score (nSPS) is 10.1. The summed E-state index contributed by atoms with van der Waals surface area (Å²) in [5, 5.41) is 5.83. The molecular weight excluding hydrogens is 282 g/mol. The summed E-state index contributed by atoms with van der Waals surface area (Å²) in [7, 11) is 0. The van der Waals surface area contributed by atoms with Crippen LogP contribution in [0.3, 0.4) is 0 Å². The fraction of sp³-hybridized carbons (Fsp3) is 0.238. The molecule has 0 spiro atoms. The molecule has 0 saturated heterocycles. The predicted molar refractivity (Wildman–Crippen MR) is 98.6 cm³/mol. The van der Waals surface area contributed by atoms with E-state index in [1.165, 1.54) is 16.3 Å². The maximum Gasteiger partial charge on any atom is 0.0717 e. The highest BCUT2D eigenvalue weighted by molar-refractivity contribution is 5.81. The maximum atomic E-state index is 5.46. The van der Waals surface area contributed by atoms with Crippen LogP contribution in [0.15, 0.2) is 78.9 Å². The predicted octanol–water partition coefficient (Wildman–Crippen LogP) is 4.65. The molecule has 0 bridgehead atoms. The highest BCUT2D eigenvalue weighted by Gasteiger charge is 1.90. The molecule has 0 amide bonds. The van der Waals surface area contributed by atoms with E-state index in [0.717, 1.165) is 19.7 Å². The van der Waals surface area contributed by atoms with E-state index >= 15 is 0 Å². The Morgan fingerprint density at radius 2 is 1.26 bits per heavy atom. The molecule has 0 fully saturated rings. The van der Waals surface area contributed by atoms with Crippen molar-refractivity contribution in [2.24, 2.45) is 0 Å². The van der Waals surface area contributed by atoms with E-state index in [1.807, 2.05) is 18.2 Å². The van der Waals surface area contributed by atoms with Gasteiger partial charge in [-0.05, 0) is 22.9 Å². The molecule has 2 heteroatoms. The van der Waals surface area contributed by atoms with Gasteiger partial charge in [0.2, 0.25) is 0 Å². The molecule has 0 unspecified atom stereocenters. The van der Waals surface area contributed by atoms with Gasteiger partial charge in [-0.15, -0.1) is 0 Å². The van der Waals surface area contributed by atoms with Crippen LogP contribution in [0.5, 0.6) is 0 Å². The molecule has 1 N–H and O–H groups in total. The molecule has 0 aliphatic rings. The fourth-order valence-electron chi connectivity index (χ4n) is 2.22. The number of hydrogen-bond donors (Lipinski definition) is 1. The summed E-state index contributed by atoms with van der Waals surface area (Å²) >= 11 is 0. The summed E-state index contributed by atoms with van der Waals surface area (Å²) in [6.45, 7) is 5.53. The van der Waals surface area contributed by atoms with Crippen molar-refractivity contribution in [2.45, 2.75) is 13.5 Å². The van der Waals surface area contributed by atoms with Crippen molar-refractivity contribution in [1.29, 1.82) is 0 Å². The first-order valence-corrected chi connectivity index (χ1v) is 8.16. The molecule has 0 saturated carbocycles. The van der Waals surface area contributed by atoms with Gasteiger partial charge in [-0.1, -0.05) is 85.8 Å². The molecule has 3 aromatic carbocycles. The highest BCUT2D eigenvalue weighted by Crippen LogP contribution is 2.11. The van der Waals surface area contributed by atoms with Gasteiger partial charge in [0, 0.05) is 6.54 Å². The lowest BCUT2D eigenvalue weighted by atomic mass is 10.1. The summed E-state index contributed by atoms with van der Waals surface area (Å²) < 4.78 is 5.46. The van der Waals surface area contributed by atoms with Crippen molar-refractivity contribution in [2.75, 3.05) is 19.7 Å². The standard InChI is InChI=1S/C11H17NO.C10H8/c1-2-12-8-9-13-10-11-6-4-3-5-7-11;1-2-6-10-8-4-3-7-9(10)5-1/h3-7,12H,2,8-10H2,1H3;1-8H. The molecule has 2 nitrogen and oxygen atoms in total. The number of likely N-dealkylation sites (N-methyl/N-ethyl adjacent to an activating group) is 1. The highest BCUT2D eigenvalue weighted by atomic mass is 16.5. The van der Waals surface area contributed by atoms with Gasteiger partial charge in [0.05, 0.1) is 13.2 Å². The Labute approximate surface area is 139 Å². The van der Waals surface area contributed by atoms with Crippen LogP contribution < -0.4 is 5.32 Å². The second kappa shape index (κ2) is 10.5. The third-order valence-electron chi connectivity index (χ3n) is 3.44. The number of ether oxygens (including phenoxy) is 1. The molecule has 0 aliphatic heterocycles. The van der Waals surface area contributed by atoms with E-state index in [1.54, 1.807) is 0 Å². The molecule has 120 valence electrons. The van der Waals surface area contributed by atoms with Crippen molar-refractivity contribution in [3.05, 3.63) is 84.4 Å². The van der Waals surface area contributed by atoms with Crippen LogP contribution in [-0.2, 0) is 11.3 Å². The van der Waals surface area contributed by atoms with Gasteiger partial charge in [-0.25, -0.2) is 0 Å². The Balaban J connectivity index is 0.000000172. The van der Waals surface area contributed by atoms with Crippen LogP contribution in [0.2, 0.25) is 0 Å². The molecular formula is C21H25NO. The van der Waals surface area contributed by atoms with Gasteiger partial charge in [-0.2, -0.15) is 0 Å². The van der Waals surface area contributed by atoms with Crippen molar-refractivity contribution in [3.63, 3.8) is 0 Å². The van der Waals surface area contributed by atoms with Gasteiger partial charge in [0.1, 0.15) is 0 Å². The van der Waals surface area contributed by atoms with Crippen LogP contribution >= 0.6 is 0 Å². The zero-order valence-electron chi connectivity index (χ0n) is 13.7. The number of rotatable bonds is 6. The largest absolute Gasteiger partial charge is 0.375 e. The zero-order chi connectivity index (χ0) is 16.2. The summed E-state index contributed by atoms with van der Waals surface area (Å²) in [6.07, 6.45) is 0. The Kier molecular flexibility index (Phi) is 7.89. The quantitative estimate of drug-likeness (QED) is 0.669. The van der Waals surface area contributed by atoms with E-state index in [9.17, 15) is 0 Å². The van der Waals surface area contributed by atoms with Crippen LogP contribution in [0.4, 0.5) is 0 Å². The third-order valence-corrected chi connectivity index (χ3v) is 3.44. The Hall–Kier alpha value is -2.16. The van der Waals surface area contributed by atoms with E-state index in [4.69, 9.17) is 4.74 Å². The number of benzene rings is 3. The third kappa shape index (κ3) is 6.64. The molecule has 0 aromatic heterocycles. The van der Waals surface area contributed by atoms with E-state index in [-0.39, 0.29) is 0 Å². The van der Waals surface area contributed by atoms with E-state index in [2.05, 4.69) is 72.9 Å². The van der Waals surface area contributed by atoms with E-state index in [0.29, 0.717) is 6.61 Å². The van der Waals surface area contributed by atoms with Crippen molar-refractivity contribution >= 4 is 10.8 Å². The number of nitrogens with one attached hydrogen (secondary N) is 1. The first-order chi connectivity index (χ1) is 11.4. The average molecular weight is 307 g/mol. The smallest absolute Gasteiger partial charge is 0.0717 e. The first-order valence-electron chi connectivity index (χ1n) is 8.16. The lowest BCUT2D eigenvalue weighted by Gasteiger charge is -2.04. The maximum absolute atomic E-state index is 5.46. The average Bonchev–Trinajstić information content (AvgIpc) is 2.63. The topological polar surface area (TPSA) is 21.3 Å². The SMILES string of the molecule is CCNCCOCc1ccccc1.c1ccc2ccccc2c1. The summed E-state index contributed by atoms with van der Waals surface area (Å²) in [5.41, 5.74) is 1.24. The molecule has 0 atom stereocenters. The molecule has 23 heavy (non-hydrogen) atoms. The fourth-order valence-corrected chi connectivity index (χ4v) is 2.22. The Morgan fingerprint density at radius 1 is 0.739 bits per heavy atom. The summed E-state index contributed by atoms with van der Waals surface area (Å²) in [5.74, 6) is 0. The minimum Gasteiger partial charge on any atom is -0.375 e. The molecule has 0 heterocycles. The van der Waals surface area contributed by atoms with Crippen molar-refractivity contribution < 1.29 is 4.74 Å². The zero-order valence-corrected chi connectivity index (χ0v) is 13.7. The summed E-state index contributed by atoms with van der Waals surface area (Å²) in [4.78, 5) is 0. The number of hydrogen-bond acceptors (Lipinski definition) is 2. The van der Waals surface area contributed by atoms with Crippen LogP contribution in [0.25, 0.3) is 10.8 Å². The molecule has 3 aromatic rings. The molecule has 0 aliphatic carbocycles. The van der Waals surface area contributed by atoms with E-state index < -0.39 is 0 Å². The van der Waals surface area contributed by atoms with Crippen molar-refractivity contribution in [1.82, 2.24) is 5.32 Å². The lowest BCUT2D eigenvalue weighted by Crippen LogP contribution is -2.18. The van der Waals surface area contributed by atoms with Crippen molar-refractivity contribution in [3.8, 4) is 0 Å². The van der Waals surface area contributed by atoms with Crippen LogP contribution in [0, 0.1) is 0 Å². The second-order valence-corrected chi connectivity index (χ2v) is 5.24. The van der Waals surface area contributed by atoms with Gasteiger partial charge in [0.15, 0.2) is 0 Å². The van der Waals surface area contributed by atoms with Gasteiger partial charge in [0.25, 0.3) is 0 Å². The monoisotopic (exact) mass is 307 g/mol. The van der Waals surface area contributed by atoms with Crippen LogP contribution in [0.1, 0.15) is 12.5 Å². The van der Waals surface area contributed by atoms with Crippen LogP contribution in [-0.4, -0.2) is 19.7 Å². The van der Waals surface area contributed by atoms with Gasteiger partial charge < -0.3 is 10.1 Å². The summed E-state index contributed by atoms with van der Waals surface area (Å²) in [6, 6.07) is 26.9. The van der Waals surface area contributed by atoms with Gasteiger partial charge >= 0.3 is 0 Å². The Bertz CT molecular complexity index is 601. The number of fused-ring (bicyclic) bond motifs is 1. The second-order valence-electron chi connectivity index (χ2n) is 5.24. The van der Waals surface area contributed by atoms with Gasteiger partial charge in [-0.3, -0.25) is 0 Å². The first kappa shape index (κ1) is 17.2. The minimum absolute atomic E-state index is 0.715. The lowest BCUT2D eigenvalue weighted by molar-refractivity contribution is 0.123. The minimum atomic E-state index is 0.715. The Morgan fingerprint density at radius 3 is 1.78 bits per heavy atom. The molecule has 0 radical (unpaired) electrons.